The zero-order chi connectivity index (χ0) is 11.7. The van der Waals surface area contributed by atoms with Crippen LogP contribution < -0.4 is 5.32 Å². The lowest BCUT2D eigenvalue weighted by Gasteiger charge is -2.24. The number of nitrogens with zero attached hydrogens (tertiary/aromatic N) is 1. The van der Waals surface area contributed by atoms with Crippen LogP contribution in [-0.2, 0) is 6.42 Å². The van der Waals surface area contributed by atoms with E-state index >= 15 is 0 Å². The predicted molar refractivity (Wildman–Crippen MR) is 68.0 cm³/mol. The molecule has 1 fully saturated rings. The second-order valence-corrected chi connectivity index (χ2v) is 5.41. The third-order valence-corrected chi connectivity index (χ3v) is 4.08. The summed E-state index contributed by atoms with van der Waals surface area (Å²) in [4.78, 5) is 2.48. The molecule has 1 heterocycles. The van der Waals surface area contributed by atoms with Gasteiger partial charge in [-0.1, -0.05) is 0 Å². The minimum Gasteiger partial charge on any atom is -0.469 e. The number of furan rings is 1. The summed E-state index contributed by atoms with van der Waals surface area (Å²) in [6.07, 6.45) is 8.23. The molecule has 3 heteroatoms. The van der Waals surface area contributed by atoms with Gasteiger partial charge in [0.25, 0.3) is 0 Å². The van der Waals surface area contributed by atoms with Crippen molar-refractivity contribution in [3.8, 4) is 0 Å². The van der Waals surface area contributed by atoms with E-state index in [0.29, 0.717) is 6.04 Å². The molecule has 0 aromatic carbocycles. The Labute approximate surface area is 103 Å². The monoisotopic (exact) mass is 234 g/mol. The van der Waals surface area contributed by atoms with Gasteiger partial charge in [0.2, 0.25) is 0 Å². The first kappa shape index (κ1) is 11.3. The fourth-order valence-corrected chi connectivity index (χ4v) is 2.81. The summed E-state index contributed by atoms with van der Waals surface area (Å²) in [7, 11) is 2.24. The molecule has 1 unspecified atom stereocenters. The Morgan fingerprint density at radius 2 is 2.29 bits per heavy atom. The first-order chi connectivity index (χ1) is 8.34. The maximum Gasteiger partial charge on any atom is 0.108 e. The van der Waals surface area contributed by atoms with Crippen LogP contribution in [0.3, 0.4) is 0 Å². The summed E-state index contributed by atoms with van der Waals surface area (Å²) in [6.45, 7) is 2.25. The molecule has 0 amide bonds. The molecule has 0 aliphatic heterocycles. The van der Waals surface area contributed by atoms with E-state index in [9.17, 15) is 0 Å². The average molecular weight is 234 g/mol. The molecule has 1 saturated carbocycles. The average Bonchev–Trinajstić information content (AvgIpc) is 3.07. The van der Waals surface area contributed by atoms with Crippen molar-refractivity contribution in [3.63, 3.8) is 0 Å². The standard InChI is InChI=1S/C14H22N2O/c1-16(11-5-6-11)9-8-15-13-3-2-4-14-12(13)7-10-17-14/h7,10-11,13,15H,2-6,8-9H2,1H3. The van der Waals surface area contributed by atoms with Crippen molar-refractivity contribution in [2.24, 2.45) is 0 Å². The van der Waals surface area contributed by atoms with Gasteiger partial charge in [0.1, 0.15) is 5.76 Å². The molecule has 1 atom stereocenters. The van der Waals surface area contributed by atoms with Crippen LogP contribution in [0.15, 0.2) is 16.7 Å². The van der Waals surface area contributed by atoms with Crippen LogP contribution in [0.2, 0.25) is 0 Å². The Morgan fingerprint density at radius 1 is 1.41 bits per heavy atom. The Kier molecular flexibility index (Phi) is 3.21. The minimum absolute atomic E-state index is 0.519. The van der Waals surface area contributed by atoms with Crippen molar-refractivity contribution in [2.45, 2.75) is 44.2 Å². The van der Waals surface area contributed by atoms with Crippen molar-refractivity contribution < 1.29 is 4.42 Å². The van der Waals surface area contributed by atoms with Gasteiger partial charge in [-0.05, 0) is 38.8 Å². The van der Waals surface area contributed by atoms with Gasteiger partial charge in [0, 0.05) is 37.2 Å². The van der Waals surface area contributed by atoms with Gasteiger partial charge < -0.3 is 14.6 Å². The smallest absolute Gasteiger partial charge is 0.108 e. The molecule has 1 N–H and O–H groups in total. The first-order valence-corrected chi connectivity index (χ1v) is 6.84. The summed E-state index contributed by atoms with van der Waals surface area (Å²) in [6, 6.07) is 3.52. The van der Waals surface area contributed by atoms with Gasteiger partial charge >= 0.3 is 0 Å². The van der Waals surface area contributed by atoms with Crippen LogP contribution in [-0.4, -0.2) is 31.1 Å². The summed E-state index contributed by atoms with van der Waals surface area (Å²) in [5.41, 5.74) is 1.39. The molecule has 3 rings (SSSR count). The molecule has 0 radical (unpaired) electrons. The van der Waals surface area contributed by atoms with Crippen LogP contribution in [0.25, 0.3) is 0 Å². The van der Waals surface area contributed by atoms with Crippen molar-refractivity contribution in [1.29, 1.82) is 0 Å². The van der Waals surface area contributed by atoms with E-state index in [-0.39, 0.29) is 0 Å². The highest BCUT2D eigenvalue weighted by Crippen LogP contribution is 2.30. The summed E-state index contributed by atoms with van der Waals surface area (Å²) < 4.78 is 5.51. The van der Waals surface area contributed by atoms with Crippen molar-refractivity contribution >= 4 is 0 Å². The van der Waals surface area contributed by atoms with Crippen LogP contribution >= 0.6 is 0 Å². The van der Waals surface area contributed by atoms with Crippen LogP contribution in [0.1, 0.15) is 43.0 Å². The number of rotatable bonds is 5. The van der Waals surface area contributed by atoms with E-state index in [2.05, 4.69) is 23.3 Å². The SMILES string of the molecule is CN(CCNC1CCCc2occc21)C1CC1. The molecule has 17 heavy (non-hydrogen) atoms. The molecule has 2 aliphatic carbocycles. The molecule has 1 aromatic rings. The molecular weight excluding hydrogens is 212 g/mol. The maximum atomic E-state index is 5.51. The largest absolute Gasteiger partial charge is 0.469 e. The Hall–Kier alpha value is -0.800. The van der Waals surface area contributed by atoms with Gasteiger partial charge in [0.15, 0.2) is 0 Å². The third kappa shape index (κ3) is 2.55. The molecule has 0 spiro atoms. The quantitative estimate of drug-likeness (QED) is 0.847. The molecule has 1 aromatic heterocycles. The van der Waals surface area contributed by atoms with Gasteiger partial charge in [0.05, 0.1) is 6.26 Å². The van der Waals surface area contributed by atoms with E-state index in [1.54, 1.807) is 0 Å². The summed E-state index contributed by atoms with van der Waals surface area (Å²) in [5.74, 6) is 1.20. The van der Waals surface area contributed by atoms with Crippen LogP contribution in [0, 0.1) is 0 Å². The van der Waals surface area contributed by atoms with E-state index in [1.165, 1.54) is 37.0 Å². The Bertz CT molecular complexity index is 370. The highest BCUT2D eigenvalue weighted by molar-refractivity contribution is 5.23. The number of fused-ring (bicyclic) bond motifs is 1. The fraction of sp³-hybridized carbons (Fsp3) is 0.714. The van der Waals surface area contributed by atoms with Gasteiger partial charge in [-0.25, -0.2) is 0 Å². The lowest BCUT2D eigenvalue weighted by atomic mass is 9.93. The lowest BCUT2D eigenvalue weighted by molar-refractivity contribution is 0.308. The predicted octanol–water partition coefficient (Wildman–Crippen LogP) is 2.34. The minimum atomic E-state index is 0.519. The van der Waals surface area contributed by atoms with Gasteiger partial charge in [-0.15, -0.1) is 0 Å². The van der Waals surface area contributed by atoms with Crippen molar-refractivity contribution in [1.82, 2.24) is 10.2 Å². The van der Waals surface area contributed by atoms with Crippen molar-refractivity contribution in [2.75, 3.05) is 20.1 Å². The van der Waals surface area contributed by atoms with E-state index < -0.39 is 0 Å². The number of hydrogen-bond acceptors (Lipinski definition) is 3. The van der Waals surface area contributed by atoms with E-state index in [1.807, 2.05) is 6.26 Å². The third-order valence-electron chi connectivity index (χ3n) is 4.08. The molecule has 2 aliphatic rings. The maximum absolute atomic E-state index is 5.51. The Morgan fingerprint density at radius 3 is 3.12 bits per heavy atom. The topological polar surface area (TPSA) is 28.4 Å². The molecule has 0 bridgehead atoms. The lowest BCUT2D eigenvalue weighted by Crippen LogP contribution is -2.33. The van der Waals surface area contributed by atoms with Crippen molar-refractivity contribution in [3.05, 3.63) is 23.7 Å². The molecule has 94 valence electrons. The van der Waals surface area contributed by atoms with Gasteiger partial charge in [-0.3, -0.25) is 0 Å². The highest BCUT2D eigenvalue weighted by Gasteiger charge is 2.26. The number of aryl methyl sites for hydroxylation is 1. The zero-order valence-electron chi connectivity index (χ0n) is 10.6. The number of likely N-dealkylation sites (N-methyl/N-ethyl adjacent to an activating group) is 1. The number of hydrogen-bond donors (Lipinski definition) is 1. The first-order valence-electron chi connectivity index (χ1n) is 6.84. The second-order valence-electron chi connectivity index (χ2n) is 5.41. The summed E-state index contributed by atoms with van der Waals surface area (Å²) >= 11 is 0. The number of nitrogens with one attached hydrogen (secondary N) is 1. The fourth-order valence-electron chi connectivity index (χ4n) is 2.81. The van der Waals surface area contributed by atoms with Crippen LogP contribution in [0.5, 0.6) is 0 Å². The van der Waals surface area contributed by atoms with Crippen LogP contribution in [0.4, 0.5) is 0 Å². The van der Waals surface area contributed by atoms with Gasteiger partial charge in [-0.2, -0.15) is 0 Å². The van der Waals surface area contributed by atoms with E-state index in [4.69, 9.17) is 4.42 Å². The normalized spacial score (nSPS) is 24.0. The molecule has 0 saturated heterocycles. The second kappa shape index (κ2) is 4.83. The zero-order valence-corrected chi connectivity index (χ0v) is 10.6. The molecular formula is C14H22N2O. The molecule has 3 nitrogen and oxygen atoms in total. The highest BCUT2D eigenvalue weighted by atomic mass is 16.3. The Balaban J connectivity index is 1.49. The summed E-state index contributed by atoms with van der Waals surface area (Å²) in [5, 5.41) is 3.68. The van der Waals surface area contributed by atoms with E-state index in [0.717, 1.165) is 25.6 Å².